The first kappa shape index (κ1) is 23.6. The zero-order chi connectivity index (χ0) is 25.1. The molecule has 0 spiro atoms. The maximum Gasteiger partial charge on any atom is 0.335 e. The number of carbonyl (C=O) groups excluding carboxylic acids is 3. The number of anilines is 1. The summed E-state index contributed by atoms with van der Waals surface area (Å²) >= 11 is 3.35. The zero-order valence-corrected chi connectivity index (χ0v) is 20.8. The lowest BCUT2D eigenvalue weighted by molar-refractivity contribution is -0.122. The molecule has 7 nitrogen and oxygen atoms in total. The lowest BCUT2D eigenvalue weighted by atomic mass is 10.1. The topological polar surface area (TPSA) is 80.6 Å². The van der Waals surface area contributed by atoms with Crippen molar-refractivity contribution in [3.8, 4) is 5.75 Å². The van der Waals surface area contributed by atoms with Crippen LogP contribution >= 0.6 is 15.9 Å². The van der Waals surface area contributed by atoms with Gasteiger partial charge in [-0.25, -0.2) is 9.69 Å². The molecule has 1 aromatic heterocycles. The maximum atomic E-state index is 13.3. The summed E-state index contributed by atoms with van der Waals surface area (Å²) < 4.78 is 8.70. The highest BCUT2D eigenvalue weighted by atomic mass is 79.9. The van der Waals surface area contributed by atoms with Crippen molar-refractivity contribution in [1.82, 2.24) is 9.88 Å². The molecule has 1 fully saturated rings. The number of imide groups is 2. The number of benzene rings is 3. The summed E-state index contributed by atoms with van der Waals surface area (Å²) in [6.07, 6.45) is 4.24. The molecule has 1 aliphatic heterocycles. The van der Waals surface area contributed by atoms with E-state index in [1.54, 1.807) is 30.3 Å². The number of halogens is 1. The molecule has 1 aliphatic rings. The minimum atomic E-state index is -0.773. The number of aryl methyl sites for hydroxylation is 1. The van der Waals surface area contributed by atoms with Gasteiger partial charge in [0, 0.05) is 33.7 Å². The molecule has 4 amide bonds. The molecule has 36 heavy (non-hydrogen) atoms. The second-order valence-electron chi connectivity index (χ2n) is 8.24. The van der Waals surface area contributed by atoms with E-state index in [9.17, 15) is 14.4 Å². The summed E-state index contributed by atoms with van der Waals surface area (Å²) in [6, 6.07) is 23.4. The van der Waals surface area contributed by atoms with E-state index < -0.39 is 17.8 Å². The number of aromatic nitrogens is 1. The molecule has 1 saturated heterocycles. The minimum absolute atomic E-state index is 0.104. The average molecular weight is 544 g/mol. The van der Waals surface area contributed by atoms with Gasteiger partial charge in [0.05, 0.1) is 12.3 Å². The third-order valence-corrected chi connectivity index (χ3v) is 6.39. The van der Waals surface area contributed by atoms with Gasteiger partial charge in [0.1, 0.15) is 11.3 Å². The lowest BCUT2D eigenvalue weighted by Crippen LogP contribution is -2.54. The molecule has 8 heteroatoms. The van der Waals surface area contributed by atoms with Crippen LogP contribution in [0.15, 0.2) is 95.1 Å². The van der Waals surface area contributed by atoms with Crippen molar-refractivity contribution in [2.24, 2.45) is 0 Å². The predicted octanol–water partition coefficient (Wildman–Crippen LogP) is 5.54. The number of hydrogen-bond donors (Lipinski definition) is 1. The van der Waals surface area contributed by atoms with Gasteiger partial charge in [0.2, 0.25) is 0 Å². The van der Waals surface area contributed by atoms with Gasteiger partial charge in [-0.05, 0) is 55.0 Å². The second kappa shape index (κ2) is 10.2. The van der Waals surface area contributed by atoms with Crippen molar-refractivity contribution in [3.05, 3.63) is 101 Å². The molecule has 5 rings (SSSR count). The SMILES string of the molecule is O=C1NC(=O)N(c2ccc(Br)cc2)C(=O)C1=Cc1cn(CCCOc2ccccc2)c2ccccc12. The summed E-state index contributed by atoms with van der Waals surface area (Å²) in [4.78, 5) is 39.4. The number of nitrogens with one attached hydrogen (secondary N) is 1. The van der Waals surface area contributed by atoms with Gasteiger partial charge in [0.15, 0.2) is 0 Å². The smallest absolute Gasteiger partial charge is 0.335 e. The first-order valence-electron chi connectivity index (χ1n) is 11.4. The number of carbonyl (C=O) groups is 3. The van der Waals surface area contributed by atoms with E-state index in [-0.39, 0.29) is 5.57 Å². The Kier molecular flexibility index (Phi) is 6.69. The largest absolute Gasteiger partial charge is 0.494 e. The maximum absolute atomic E-state index is 13.3. The average Bonchev–Trinajstić information content (AvgIpc) is 3.23. The van der Waals surface area contributed by atoms with Crippen LogP contribution in [0.4, 0.5) is 10.5 Å². The Morgan fingerprint density at radius 1 is 0.889 bits per heavy atom. The predicted molar refractivity (Wildman–Crippen MR) is 142 cm³/mol. The summed E-state index contributed by atoms with van der Waals surface area (Å²) in [5.41, 5.74) is 1.97. The highest BCUT2D eigenvalue weighted by Gasteiger charge is 2.37. The third-order valence-electron chi connectivity index (χ3n) is 5.86. The van der Waals surface area contributed by atoms with Crippen LogP contribution in [0, 0.1) is 0 Å². The Labute approximate surface area is 216 Å². The van der Waals surface area contributed by atoms with Crippen molar-refractivity contribution < 1.29 is 19.1 Å². The van der Waals surface area contributed by atoms with Gasteiger partial charge in [-0.15, -0.1) is 0 Å². The number of hydrogen-bond acceptors (Lipinski definition) is 4. The Morgan fingerprint density at radius 3 is 2.39 bits per heavy atom. The number of nitrogens with zero attached hydrogens (tertiary/aromatic N) is 2. The molecule has 1 N–H and O–H groups in total. The molecule has 4 aromatic rings. The van der Waals surface area contributed by atoms with Crippen molar-refractivity contribution >= 4 is 56.4 Å². The molecule has 0 bridgehead atoms. The highest BCUT2D eigenvalue weighted by Crippen LogP contribution is 2.27. The van der Waals surface area contributed by atoms with Crippen LogP contribution in [0.3, 0.4) is 0 Å². The van der Waals surface area contributed by atoms with E-state index >= 15 is 0 Å². The Balaban J connectivity index is 1.41. The molecular weight excluding hydrogens is 522 g/mol. The Hall–Kier alpha value is -4.17. The number of rotatable bonds is 7. The summed E-state index contributed by atoms with van der Waals surface area (Å²) in [6.45, 7) is 1.25. The molecule has 0 saturated carbocycles. The van der Waals surface area contributed by atoms with E-state index in [0.717, 1.165) is 38.0 Å². The molecule has 3 aromatic carbocycles. The lowest BCUT2D eigenvalue weighted by Gasteiger charge is -2.26. The standard InChI is InChI=1S/C28H22BrN3O4/c29-20-11-13-21(14-12-20)32-27(34)24(26(33)30-28(32)35)17-19-18-31(25-10-5-4-9-23(19)25)15-6-16-36-22-7-2-1-3-8-22/h1-5,7-14,17-18H,6,15-16H2,(H,30,33,35). The fourth-order valence-corrected chi connectivity index (χ4v) is 4.42. The quantitative estimate of drug-likeness (QED) is 0.188. The molecular formula is C28H22BrN3O4. The van der Waals surface area contributed by atoms with E-state index in [1.807, 2.05) is 60.8 Å². The summed E-state index contributed by atoms with van der Waals surface area (Å²) in [5, 5.41) is 3.18. The Morgan fingerprint density at radius 2 is 1.61 bits per heavy atom. The van der Waals surface area contributed by atoms with E-state index in [2.05, 4.69) is 25.8 Å². The second-order valence-corrected chi connectivity index (χ2v) is 9.16. The van der Waals surface area contributed by atoms with Crippen molar-refractivity contribution in [3.63, 3.8) is 0 Å². The monoisotopic (exact) mass is 543 g/mol. The van der Waals surface area contributed by atoms with Gasteiger partial charge in [-0.1, -0.05) is 52.3 Å². The van der Waals surface area contributed by atoms with Gasteiger partial charge in [-0.2, -0.15) is 0 Å². The molecule has 0 radical (unpaired) electrons. The van der Waals surface area contributed by atoms with Crippen LogP contribution in [0.1, 0.15) is 12.0 Å². The zero-order valence-electron chi connectivity index (χ0n) is 19.2. The number of urea groups is 1. The number of ether oxygens (including phenoxy) is 1. The molecule has 180 valence electrons. The van der Waals surface area contributed by atoms with Crippen molar-refractivity contribution in [1.29, 1.82) is 0 Å². The van der Waals surface area contributed by atoms with Gasteiger partial charge >= 0.3 is 6.03 Å². The normalized spacial score (nSPS) is 15.0. The van der Waals surface area contributed by atoms with Crippen molar-refractivity contribution in [2.45, 2.75) is 13.0 Å². The van der Waals surface area contributed by atoms with Gasteiger partial charge in [-0.3, -0.25) is 14.9 Å². The number of para-hydroxylation sites is 2. The first-order chi connectivity index (χ1) is 17.5. The van der Waals surface area contributed by atoms with Crippen LogP contribution in [-0.4, -0.2) is 29.0 Å². The third kappa shape index (κ3) is 4.81. The van der Waals surface area contributed by atoms with Crippen molar-refractivity contribution in [2.75, 3.05) is 11.5 Å². The van der Waals surface area contributed by atoms with Crippen LogP contribution in [0.25, 0.3) is 17.0 Å². The minimum Gasteiger partial charge on any atom is -0.494 e. The summed E-state index contributed by atoms with van der Waals surface area (Å²) in [5.74, 6) is -0.558. The molecule has 0 atom stereocenters. The van der Waals surface area contributed by atoms with E-state index in [0.29, 0.717) is 18.8 Å². The van der Waals surface area contributed by atoms with Crippen LogP contribution < -0.4 is 15.0 Å². The highest BCUT2D eigenvalue weighted by molar-refractivity contribution is 9.10. The molecule has 2 heterocycles. The number of fused-ring (bicyclic) bond motifs is 1. The van der Waals surface area contributed by atoms with E-state index in [4.69, 9.17) is 4.74 Å². The van der Waals surface area contributed by atoms with Gasteiger partial charge < -0.3 is 9.30 Å². The fraction of sp³-hybridized carbons (Fsp3) is 0.107. The summed E-state index contributed by atoms with van der Waals surface area (Å²) in [7, 11) is 0. The van der Waals surface area contributed by atoms with Crippen LogP contribution in [0.5, 0.6) is 5.75 Å². The first-order valence-corrected chi connectivity index (χ1v) is 12.2. The van der Waals surface area contributed by atoms with E-state index in [1.165, 1.54) is 0 Å². The number of barbiturate groups is 1. The van der Waals surface area contributed by atoms with Crippen LogP contribution in [0.2, 0.25) is 0 Å². The number of amides is 4. The Bertz CT molecular complexity index is 1480. The molecule has 0 aliphatic carbocycles. The molecule has 0 unspecified atom stereocenters. The van der Waals surface area contributed by atoms with Crippen LogP contribution in [-0.2, 0) is 16.1 Å². The fourth-order valence-electron chi connectivity index (χ4n) is 4.15. The van der Waals surface area contributed by atoms with Gasteiger partial charge in [0.25, 0.3) is 11.8 Å².